The molecular weight excluding hydrogens is 514 g/mol. The lowest BCUT2D eigenvalue weighted by Crippen LogP contribution is -2.24. The Hall–Kier alpha value is -4.02. The van der Waals surface area contributed by atoms with E-state index in [1.54, 1.807) is 73.4 Å². The smallest absolute Gasteiger partial charge is 0.251 e. The normalized spacial score (nSPS) is 10.6. The van der Waals surface area contributed by atoms with Crippen LogP contribution in [0.2, 0.25) is 5.02 Å². The molecule has 0 aliphatic heterocycles. The highest BCUT2D eigenvalue weighted by Gasteiger charge is 2.19. The molecule has 0 fully saturated rings. The molecule has 0 aliphatic rings. The van der Waals surface area contributed by atoms with Gasteiger partial charge in [0.1, 0.15) is 11.5 Å². The third-order valence-electron chi connectivity index (χ3n) is 5.26. The maximum atomic E-state index is 12.7. The van der Waals surface area contributed by atoms with Crippen LogP contribution in [0, 0.1) is 0 Å². The number of anilines is 1. The summed E-state index contributed by atoms with van der Waals surface area (Å²) >= 11 is 7.68. The van der Waals surface area contributed by atoms with Gasteiger partial charge in [-0.2, -0.15) is 0 Å². The van der Waals surface area contributed by atoms with Crippen LogP contribution < -0.4 is 20.1 Å². The average Bonchev–Trinajstić information content (AvgIpc) is 3.33. The van der Waals surface area contributed by atoms with Gasteiger partial charge in [0.2, 0.25) is 5.91 Å². The van der Waals surface area contributed by atoms with Crippen molar-refractivity contribution in [2.75, 3.05) is 25.3 Å². The number of halogens is 1. The number of benzene rings is 3. The number of nitrogens with zero attached hydrogens (tertiary/aromatic N) is 3. The molecule has 1 heterocycles. The Kier molecular flexibility index (Phi) is 8.65. The largest absolute Gasteiger partial charge is 0.497 e. The van der Waals surface area contributed by atoms with Crippen LogP contribution in [0.25, 0.3) is 5.69 Å². The molecule has 190 valence electrons. The molecule has 4 aromatic rings. The highest BCUT2D eigenvalue weighted by atomic mass is 35.5. The molecule has 0 saturated heterocycles. The molecule has 11 heteroatoms. The van der Waals surface area contributed by atoms with Crippen molar-refractivity contribution in [1.82, 2.24) is 20.1 Å². The molecule has 2 amide bonds. The van der Waals surface area contributed by atoms with Crippen molar-refractivity contribution in [3.05, 3.63) is 89.2 Å². The quantitative estimate of drug-likeness (QED) is 0.285. The summed E-state index contributed by atoms with van der Waals surface area (Å²) < 4.78 is 12.0. The summed E-state index contributed by atoms with van der Waals surface area (Å²) in [6.07, 6.45) is 0. The number of para-hydroxylation sites is 1. The minimum absolute atomic E-state index is 0.0901. The predicted octanol–water partition coefficient (Wildman–Crippen LogP) is 4.60. The molecule has 0 bridgehead atoms. The monoisotopic (exact) mass is 537 g/mol. The Bertz CT molecular complexity index is 1380. The maximum Gasteiger partial charge on any atom is 0.251 e. The van der Waals surface area contributed by atoms with Gasteiger partial charge in [0.15, 0.2) is 11.0 Å². The van der Waals surface area contributed by atoms with Gasteiger partial charge in [0, 0.05) is 11.3 Å². The van der Waals surface area contributed by atoms with E-state index in [1.807, 2.05) is 18.2 Å². The second-order valence-electron chi connectivity index (χ2n) is 7.66. The topological polar surface area (TPSA) is 107 Å². The predicted molar refractivity (Wildman–Crippen MR) is 143 cm³/mol. The van der Waals surface area contributed by atoms with Crippen LogP contribution >= 0.6 is 23.4 Å². The van der Waals surface area contributed by atoms with E-state index < -0.39 is 0 Å². The van der Waals surface area contributed by atoms with E-state index in [4.69, 9.17) is 21.1 Å². The van der Waals surface area contributed by atoms with Gasteiger partial charge in [0.25, 0.3) is 5.91 Å². The number of hydrogen-bond acceptors (Lipinski definition) is 7. The highest BCUT2D eigenvalue weighted by Crippen LogP contribution is 2.27. The van der Waals surface area contributed by atoms with Gasteiger partial charge in [0.05, 0.1) is 37.2 Å². The molecule has 3 aromatic carbocycles. The van der Waals surface area contributed by atoms with Gasteiger partial charge in [-0.25, -0.2) is 0 Å². The first-order valence-corrected chi connectivity index (χ1v) is 12.5. The minimum Gasteiger partial charge on any atom is -0.497 e. The number of rotatable bonds is 10. The van der Waals surface area contributed by atoms with Crippen LogP contribution in [0.4, 0.5) is 5.69 Å². The van der Waals surface area contributed by atoms with Crippen LogP contribution in [0.15, 0.2) is 78.0 Å². The Balaban J connectivity index is 1.48. The fraction of sp³-hybridized carbons (Fsp3) is 0.154. The molecule has 0 atom stereocenters. The van der Waals surface area contributed by atoms with E-state index in [0.29, 0.717) is 44.4 Å². The zero-order valence-corrected chi connectivity index (χ0v) is 21.7. The lowest BCUT2D eigenvalue weighted by molar-refractivity contribution is -0.113. The Morgan fingerprint density at radius 1 is 0.919 bits per heavy atom. The molecule has 9 nitrogen and oxygen atoms in total. The number of thioether (sulfide) groups is 1. The summed E-state index contributed by atoms with van der Waals surface area (Å²) in [5, 5.41) is 15.2. The van der Waals surface area contributed by atoms with Crippen LogP contribution in [-0.2, 0) is 11.3 Å². The zero-order chi connectivity index (χ0) is 26.2. The third-order valence-corrected chi connectivity index (χ3v) is 6.51. The van der Waals surface area contributed by atoms with Crippen LogP contribution in [0.5, 0.6) is 11.5 Å². The van der Waals surface area contributed by atoms with Gasteiger partial charge in [-0.15, -0.1) is 10.2 Å². The van der Waals surface area contributed by atoms with Gasteiger partial charge in [-0.3, -0.25) is 14.2 Å². The first-order chi connectivity index (χ1) is 18.0. The van der Waals surface area contributed by atoms with Crippen LogP contribution in [0.3, 0.4) is 0 Å². The van der Waals surface area contributed by atoms with Gasteiger partial charge in [-0.1, -0.05) is 35.5 Å². The summed E-state index contributed by atoms with van der Waals surface area (Å²) in [6.45, 7) is 0.0989. The lowest BCUT2D eigenvalue weighted by atomic mass is 10.2. The summed E-state index contributed by atoms with van der Waals surface area (Å²) in [4.78, 5) is 25.2. The highest BCUT2D eigenvalue weighted by molar-refractivity contribution is 7.99. The van der Waals surface area contributed by atoms with E-state index >= 15 is 0 Å². The molecule has 2 N–H and O–H groups in total. The summed E-state index contributed by atoms with van der Waals surface area (Å²) in [5.74, 6) is 1.43. The number of carbonyl (C=O) groups excluding carboxylic acids is 2. The Morgan fingerprint density at radius 2 is 1.57 bits per heavy atom. The van der Waals surface area contributed by atoms with Crippen molar-refractivity contribution in [1.29, 1.82) is 0 Å². The average molecular weight is 538 g/mol. The fourth-order valence-corrected chi connectivity index (χ4v) is 4.37. The Morgan fingerprint density at radius 3 is 2.22 bits per heavy atom. The number of aromatic nitrogens is 3. The van der Waals surface area contributed by atoms with Gasteiger partial charge in [-0.05, 0) is 60.7 Å². The van der Waals surface area contributed by atoms with Crippen LogP contribution in [-0.4, -0.2) is 46.6 Å². The van der Waals surface area contributed by atoms with Crippen molar-refractivity contribution in [2.45, 2.75) is 11.7 Å². The molecule has 0 saturated carbocycles. The molecular formula is C26H24ClN5O4S. The first kappa shape index (κ1) is 26.1. The van der Waals surface area contributed by atoms with Crippen molar-refractivity contribution >= 4 is 40.9 Å². The van der Waals surface area contributed by atoms with Crippen molar-refractivity contribution in [2.24, 2.45) is 0 Å². The lowest BCUT2D eigenvalue weighted by Gasteiger charge is -2.12. The van der Waals surface area contributed by atoms with Crippen molar-refractivity contribution in [3.63, 3.8) is 0 Å². The maximum absolute atomic E-state index is 12.7. The van der Waals surface area contributed by atoms with Crippen molar-refractivity contribution < 1.29 is 19.1 Å². The molecule has 1 aromatic heterocycles. The minimum atomic E-state index is -0.274. The Labute approximate surface area is 223 Å². The SMILES string of the molecule is COc1ccc(NC(=O)CSc2nnc(CNC(=O)c3ccc(OC)cc3)n2-c2ccccc2Cl)cc1. The van der Waals surface area contributed by atoms with Crippen molar-refractivity contribution in [3.8, 4) is 17.2 Å². The third kappa shape index (κ3) is 6.60. The molecule has 0 aliphatic carbocycles. The first-order valence-electron chi connectivity index (χ1n) is 11.2. The number of hydrogen-bond donors (Lipinski definition) is 2. The molecule has 4 rings (SSSR count). The second-order valence-corrected chi connectivity index (χ2v) is 9.01. The number of nitrogens with one attached hydrogen (secondary N) is 2. The summed E-state index contributed by atoms with van der Waals surface area (Å²) in [5.41, 5.74) is 1.77. The van der Waals surface area contributed by atoms with E-state index in [-0.39, 0.29) is 24.1 Å². The second kappa shape index (κ2) is 12.3. The molecule has 37 heavy (non-hydrogen) atoms. The molecule has 0 radical (unpaired) electrons. The van der Waals surface area contributed by atoms with Crippen LogP contribution in [0.1, 0.15) is 16.2 Å². The number of methoxy groups -OCH3 is 2. The van der Waals surface area contributed by atoms with Gasteiger partial charge >= 0.3 is 0 Å². The van der Waals surface area contributed by atoms with E-state index in [9.17, 15) is 9.59 Å². The van der Waals surface area contributed by atoms with E-state index in [2.05, 4.69) is 20.8 Å². The molecule has 0 unspecified atom stereocenters. The van der Waals surface area contributed by atoms with E-state index in [1.165, 1.54) is 11.8 Å². The zero-order valence-electron chi connectivity index (χ0n) is 20.1. The number of ether oxygens (including phenoxy) is 2. The summed E-state index contributed by atoms with van der Waals surface area (Å²) in [7, 11) is 3.15. The molecule has 0 spiro atoms. The fourth-order valence-electron chi connectivity index (χ4n) is 3.39. The number of carbonyl (C=O) groups is 2. The van der Waals surface area contributed by atoms with E-state index in [0.717, 1.165) is 0 Å². The number of amides is 2. The summed E-state index contributed by atoms with van der Waals surface area (Å²) in [6, 6.07) is 21.1. The standard InChI is InChI=1S/C26H24ClN5O4S/c1-35-19-11-7-17(8-12-19)25(34)28-15-23-30-31-26(32(23)22-6-4-3-5-21(22)27)37-16-24(33)29-18-9-13-20(36-2)14-10-18/h3-14H,15-16H2,1-2H3,(H,28,34)(H,29,33). The van der Waals surface area contributed by atoms with Gasteiger partial charge < -0.3 is 20.1 Å².